The van der Waals surface area contributed by atoms with Crippen LogP contribution in [0.15, 0.2) is 45.7 Å². The van der Waals surface area contributed by atoms with Crippen molar-refractivity contribution in [3.8, 4) is 17.1 Å². The Bertz CT molecular complexity index is 1450. The fourth-order valence-corrected chi connectivity index (χ4v) is 5.52. The van der Waals surface area contributed by atoms with E-state index in [0.29, 0.717) is 22.6 Å². The first kappa shape index (κ1) is 31.9. The van der Waals surface area contributed by atoms with Crippen molar-refractivity contribution in [2.75, 3.05) is 0 Å². The van der Waals surface area contributed by atoms with Crippen LogP contribution in [0.5, 0.6) is 5.75 Å². The molecule has 0 aliphatic heterocycles. The predicted octanol–water partition coefficient (Wildman–Crippen LogP) is 8.95. The Balaban J connectivity index is 2.26. The summed E-state index contributed by atoms with van der Waals surface area (Å²) in [5, 5.41) is 0.604. The van der Waals surface area contributed by atoms with Crippen molar-refractivity contribution in [2.24, 2.45) is 0 Å². The van der Waals surface area contributed by atoms with Gasteiger partial charge in [0.2, 0.25) is 5.43 Å². The maximum atomic E-state index is 13.7. The van der Waals surface area contributed by atoms with E-state index >= 15 is 0 Å². The van der Waals surface area contributed by atoms with Gasteiger partial charge >= 0.3 is 6.09 Å². The number of hydrogen-bond donors (Lipinski definition) is 0. The van der Waals surface area contributed by atoms with Crippen LogP contribution in [0.4, 0.5) is 4.79 Å². The van der Waals surface area contributed by atoms with Gasteiger partial charge in [-0.05, 0) is 63.1 Å². The maximum absolute atomic E-state index is 13.7. The summed E-state index contributed by atoms with van der Waals surface area (Å²) in [6.45, 7) is 27.0. The third kappa shape index (κ3) is 6.80. The Morgan fingerprint density at radius 2 is 1.48 bits per heavy atom. The highest BCUT2D eigenvalue weighted by atomic mass is 28.4. The fourth-order valence-electron chi connectivity index (χ4n) is 3.57. The maximum Gasteiger partial charge on any atom is 0.419 e. The average molecular weight is 586 g/mol. The van der Waals surface area contributed by atoms with Crippen molar-refractivity contribution in [3.05, 3.63) is 52.5 Å². The molecular formula is C31H47NO6Si2. The number of ether oxygens (including phenoxy) is 1. The second kappa shape index (κ2) is 10.6. The van der Waals surface area contributed by atoms with E-state index in [1.165, 1.54) is 10.6 Å². The molecule has 0 saturated heterocycles. The number of fused-ring (bicyclic) bond motifs is 1. The van der Waals surface area contributed by atoms with Gasteiger partial charge in [-0.15, -0.1) is 0 Å². The molecule has 0 atom stereocenters. The summed E-state index contributed by atoms with van der Waals surface area (Å²) in [5.41, 5.74) is 0.290. The smallest absolute Gasteiger partial charge is 0.419 e. The van der Waals surface area contributed by atoms with Crippen LogP contribution >= 0.6 is 0 Å². The molecule has 0 fully saturated rings. The normalized spacial score (nSPS) is 13.5. The highest BCUT2D eigenvalue weighted by Crippen LogP contribution is 2.42. The average Bonchev–Trinajstić information content (AvgIpc) is 3.16. The van der Waals surface area contributed by atoms with E-state index in [0.717, 1.165) is 5.39 Å². The number of benzene rings is 1. The van der Waals surface area contributed by atoms with Crippen molar-refractivity contribution < 1.29 is 22.8 Å². The highest BCUT2D eigenvalue weighted by molar-refractivity contribution is 6.75. The molecule has 2 aromatic heterocycles. The van der Waals surface area contributed by atoms with E-state index in [2.05, 4.69) is 67.7 Å². The molecule has 0 saturated carbocycles. The lowest BCUT2D eigenvalue weighted by atomic mass is 10.1. The Labute approximate surface area is 241 Å². The van der Waals surface area contributed by atoms with E-state index in [9.17, 15) is 9.59 Å². The number of nitrogens with zero attached hydrogens (tertiary/aromatic N) is 1. The lowest BCUT2D eigenvalue weighted by Gasteiger charge is -2.36. The number of aromatic nitrogens is 1. The Kier molecular flexibility index (Phi) is 8.49. The predicted molar refractivity (Wildman–Crippen MR) is 167 cm³/mol. The number of para-hydroxylation sites is 1. The topological polar surface area (TPSA) is 79.9 Å². The first-order chi connectivity index (χ1) is 18.0. The van der Waals surface area contributed by atoms with Crippen LogP contribution in [0.2, 0.25) is 36.3 Å². The van der Waals surface area contributed by atoms with Crippen molar-refractivity contribution in [2.45, 2.75) is 111 Å². The molecular weight excluding hydrogens is 539 g/mol. The molecule has 3 aromatic rings. The molecule has 220 valence electrons. The molecule has 9 heteroatoms. The molecule has 40 heavy (non-hydrogen) atoms. The minimum absolute atomic E-state index is 0.00233. The summed E-state index contributed by atoms with van der Waals surface area (Å²) in [6, 6.07) is 8.98. The molecule has 0 unspecified atom stereocenters. The molecule has 0 aliphatic carbocycles. The lowest BCUT2D eigenvalue weighted by molar-refractivity contribution is 0.0544. The zero-order valence-electron chi connectivity index (χ0n) is 26.6. The van der Waals surface area contributed by atoms with Crippen LogP contribution < -0.4 is 9.85 Å². The third-order valence-electron chi connectivity index (χ3n) is 8.05. The second-order valence-electron chi connectivity index (χ2n) is 14.6. The second-order valence-corrected chi connectivity index (χ2v) is 24.1. The molecule has 3 rings (SSSR count). The summed E-state index contributed by atoms with van der Waals surface area (Å²) < 4.78 is 26.6. The summed E-state index contributed by atoms with van der Waals surface area (Å²) in [6.07, 6.45) is 1.16. The van der Waals surface area contributed by atoms with Crippen molar-refractivity contribution in [1.29, 1.82) is 0 Å². The van der Waals surface area contributed by atoms with Gasteiger partial charge < -0.3 is 18.0 Å². The van der Waals surface area contributed by atoms with Gasteiger partial charge in [-0.3, -0.25) is 9.36 Å². The van der Waals surface area contributed by atoms with Gasteiger partial charge in [-0.25, -0.2) is 4.79 Å². The van der Waals surface area contributed by atoms with Crippen molar-refractivity contribution in [1.82, 2.24) is 4.57 Å². The van der Waals surface area contributed by atoms with E-state index in [1.54, 1.807) is 6.20 Å². The number of hydrogen-bond acceptors (Lipinski definition) is 6. The number of carbonyl (C=O) groups is 1. The molecule has 0 radical (unpaired) electrons. The van der Waals surface area contributed by atoms with Crippen molar-refractivity contribution in [3.63, 3.8) is 0 Å². The summed E-state index contributed by atoms with van der Waals surface area (Å²) in [7, 11) is -4.54. The largest absolute Gasteiger partial charge is 0.538 e. The van der Waals surface area contributed by atoms with E-state index < -0.39 is 28.3 Å². The Morgan fingerprint density at radius 1 is 0.900 bits per heavy atom. The van der Waals surface area contributed by atoms with Crippen LogP contribution in [-0.4, -0.2) is 32.9 Å². The minimum atomic E-state index is -2.43. The number of rotatable bonds is 6. The van der Waals surface area contributed by atoms with Gasteiger partial charge in [0.15, 0.2) is 19.8 Å². The van der Waals surface area contributed by atoms with Crippen LogP contribution in [0.3, 0.4) is 0 Å². The van der Waals surface area contributed by atoms with Gasteiger partial charge in [0, 0.05) is 23.2 Å². The van der Waals surface area contributed by atoms with E-state index in [1.807, 2.05) is 45.0 Å². The van der Waals surface area contributed by atoms with Gasteiger partial charge in [0.25, 0.3) is 8.32 Å². The summed E-state index contributed by atoms with van der Waals surface area (Å²) in [5.74, 6) is 0.876. The molecule has 0 spiro atoms. The zero-order valence-corrected chi connectivity index (χ0v) is 28.6. The quantitative estimate of drug-likeness (QED) is 0.269. The Hall–Kier alpha value is -2.63. The van der Waals surface area contributed by atoms with E-state index in [-0.39, 0.29) is 27.9 Å². The standard InChI is InChI=1S/C31H47NO6Si2/c1-29(2,3)37-28(34)32-19-23(22-16-14-15-17-24(22)32)26-27(38-40(12,13)31(7,8)9)25(33)18-21(36-26)20-35-39(10,11)30(4,5)6/h14-19H,20H2,1-13H3. The van der Waals surface area contributed by atoms with Crippen LogP contribution in [0.25, 0.3) is 22.2 Å². The molecule has 1 aromatic carbocycles. The molecule has 0 aliphatic rings. The van der Waals surface area contributed by atoms with Gasteiger partial charge in [0.1, 0.15) is 11.4 Å². The summed E-state index contributed by atoms with van der Waals surface area (Å²) >= 11 is 0. The van der Waals surface area contributed by atoms with Crippen LogP contribution in [0, 0.1) is 0 Å². The zero-order chi connectivity index (χ0) is 30.5. The van der Waals surface area contributed by atoms with Gasteiger partial charge in [-0.1, -0.05) is 59.7 Å². The molecule has 7 nitrogen and oxygen atoms in total. The van der Waals surface area contributed by atoms with Gasteiger partial charge in [-0.2, -0.15) is 0 Å². The molecule has 2 heterocycles. The van der Waals surface area contributed by atoms with Gasteiger partial charge in [0.05, 0.1) is 12.1 Å². The first-order valence-electron chi connectivity index (χ1n) is 13.9. The number of carbonyl (C=O) groups excluding carboxylic acids is 1. The molecule has 0 bridgehead atoms. The monoisotopic (exact) mass is 585 g/mol. The molecule has 0 N–H and O–H groups in total. The van der Waals surface area contributed by atoms with Crippen molar-refractivity contribution >= 4 is 33.6 Å². The van der Waals surface area contributed by atoms with E-state index in [4.69, 9.17) is 18.0 Å². The summed E-state index contributed by atoms with van der Waals surface area (Å²) in [4.78, 5) is 26.9. The van der Waals surface area contributed by atoms with Crippen LogP contribution in [0.1, 0.15) is 68.1 Å². The Morgan fingerprint density at radius 3 is 2.02 bits per heavy atom. The minimum Gasteiger partial charge on any atom is -0.538 e. The third-order valence-corrected chi connectivity index (χ3v) is 16.9. The fraction of sp³-hybridized carbons (Fsp3) is 0.548. The lowest BCUT2D eigenvalue weighted by Crippen LogP contribution is -2.45. The molecule has 0 amide bonds. The highest BCUT2D eigenvalue weighted by Gasteiger charge is 2.41. The first-order valence-corrected chi connectivity index (χ1v) is 19.7. The van der Waals surface area contributed by atoms with Crippen LogP contribution in [-0.2, 0) is 15.8 Å². The SMILES string of the molecule is CC(C)(C)OC(=O)n1cc(-c2oc(CO[Si](C)(C)C(C)(C)C)cc(=O)c2O[Si](C)(C)C(C)(C)C)c2ccccc21.